The average molecular weight is 1200 g/mol. The van der Waals surface area contributed by atoms with Crippen molar-refractivity contribution < 1.29 is 139 Å². The lowest BCUT2D eigenvalue weighted by Crippen LogP contribution is -2.64. The molecule has 5 heterocycles. The molecule has 10 unspecified atom stereocenters. The SMILES string of the molecule is C=C1C[C@@]23CC[C@H]4[C@@](C)(CCC[C@@]4(C)C(=O)O[C@@H]4OC(CO)[C@@H](O)[C@@H](COC[C@@H]5OC(CO)[C@@H](O)[C@@H](O)C5O)C4O)[C@@H]2CC[C@]1(OCC1OC(CO)[C@@H](O)[C@@H](COC[C@@H]2OC(CO)[C@@H](O)[C@@H](O)C2O)[C@@H]1OC1OC(CO)[C@@H](O)[C@@H](O)[C@@H]1O)C3. The quantitative estimate of drug-likeness (QED) is 0.0398. The van der Waals surface area contributed by atoms with Gasteiger partial charge in [-0.05, 0) is 86.5 Å². The second-order valence-corrected chi connectivity index (χ2v) is 25.5. The molecular formula is C55H90O28. The van der Waals surface area contributed by atoms with E-state index in [1.54, 1.807) is 0 Å². The Bertz CT molecular complexity index is 2160. The minimum Gasteiger partial charge on any atom is -0.432 e. The fourth-order valence-electron chi connectivity index (χ4n) is 16.1. The second kappa shape index (κ2) is 26.3. The topological polar surface area (TPSA) is 453 Å². The molecule has 0 amide bonds. The molecule has 4 aliphatic carbocycles. The maximum atomic E-state index is 14.8. The van der Waals surface area contributed by atoms with Crippen molar-refractivity contribution in [2.24, 2.45) is 39.9 Å². The van der Waals surface area contributed by atoms with E-state index in [4.69, 9.17) is 47.4 Å². The lowest BCUT2D eigenvalue weighted by molar-refractivity contribution is -0.342. The van der Waals surface area contributed by atoms with Crippen LogP contribution < -0.4 is 0 Å². The first-order valence-corrected chi connectivity index (χ1v) is 29.2. The van der Waals surface area contributed by atoms with Gasteiger partial charge < -0.3 is 134 Å². The lowest BCUT2D eigenvalue weighted by atomic mass is 9.41. The van der Waals surface area contributed by atoms with Crippen molar-refractivity contribution in [3.05, 3.63) is 12.2 Å². The Morgan fingerprint density at radius 2 is 0.964 bits per heavy atom. The zero-order valence-electron chi connectivity index (χ0n) is 46.8. The molecular weight excluding hydrogens is 1110 g/mol. The van der Waals surface area contributed by atoms with Crippen LogP contribution in [0.4, 0.5) is 0 Å². The van der Waals surface area contributed by atoms with Crippen LogP contribution in [0, 0.1) is 39.9 Å². The van der Waals surface area contributed by atoms with Gasteiger partial charge in [0.15, 0.2) is 6.29 Å². The summed E-state index contributed by atoms with van der Waals surface area (Å²) in [6.45, 7) is 3.30. The molecule has 9 aliphatic rings. The number of carbonyl (C=O) groups is 1. The molecule has 83 heavy (non-hydrogen) atoms. The van der Waals surface area contributed by atoms with E-state index >= 15 is 0 Å². The minimum absolute atomic E-state index is 0.0696. The van der Waals surface area contributed by atoms with Gasteiger partial charge in [0.25, 0.3) is 0 Å². The highest BCUT2D eigenvalue weighted by Crippen LogP contribution is 2.73. The summed E-state index contributed by atoms with van der Waals surface area (Å²) >= 11 is 0. The molecule has 31 atom stereocenters. The Labute approximate surface area is 480 Å². The number of aliphatic hydroxyl groups excluding tert-OH is 17. The van der Waals surface area contributed by atoms with Crippen molar-refractivity contribution in [2.45, 2.75) is 218 Å². The first kappa shape index (κ1) is 65.6. The number of carbonyl (C=O) groups excluding carboxylic acids is 1. The number of ether oxygens (including phenoxy) is 10. The fraction of sp³-hybridized carbons (Fsp3) is 0.945. The van der Waals surface area contributed by atoms with Crippen LogP contribution in [0.1, 0.15) is 71.6 Å². The number of hydrogen-bond acceptors (Lipinski definition) is 28. The Kier molecular flexibility index (Phi) is 20.8. The number of fused-ring (bicyclic) bond motifs is 3. The largest absolute Gasteiger partial charge is 0.432 e. The molecule has 9 rings (SSSR count). The van der Waals surface area contributed by atoms with Crippen LogP contribution >= 0.6 is 0 Å². The highest BCUT2D eigenvalue weighted by Gasteiger charge is 2.69. The predicted octanol–water partition coefficient (Wildman–Crippen LogP) is -6.67. The van der Waals surface area contributed by atoms with Crippen LogP contribution in [0.2, 0.25) is 0 Å². The van der Waals surface area contributed by atoms with Gasteiger partial charge in [0.2, 0.25) is 6.29 Å². The summed E-state index contributed by atoms with van der Waals surface area (Å²) in [6.07, 6.45) is -29.0. The van der Waals surface area contributed by atoms with Gasteiger partial charge in [-0.25, -0.2) is 0 Å². The van der Waals surface area contributed by atoms with Crippen LogP contribution in [0.25, 0.3) is 0 Å². The summed E-state index contributed by atoms with van der Waals surface area (Å²) in [5.74, 6) is -3.08. The molecule has 28 heteroatoms. The van der Waals surface area contributed by atoms with E-state index in [-0.39, 0.29) is 30.5 Å². The van der Waals surface area contributed by atoms with Crippen molar-refractivity contribution in [3.8, 4) is 0 Å². The zero-order valence-corrected chi connectivity index (χ0v) is 46.8. The average Bonchev–Trinajstić information content (AvgIpc) is 1.76. The third-order valence-electron chi connectivity index (χ3n) is 20.8. The van der Waals surface area contributed by atoms with E-state index in [2.05, 4.69) is 13.5 Å². The Hall–Kier alpha value is -1.83. The van der Waals surface area contributed by atoms with Gasteiger partial charge in [-0.2, -0.15) is 0 Å². The van der Waals surface area contributed by atoms with Crippen LogP contribution in [-0.2, 0) is 52.2 Å². The Morgan fingerprint density at radius 3 is 1.54 bits per heavy atom. The smallest absolute Gasteiger partial charge is 0.314 e. The Morgan fingerprint density at radius 1 is 0.494 bits per heavy atom. The van der Waals surface area contributed by atoms with Gasteiger partial charge >= 0.3 is 5.97 Å². The standard InChI is InChI=1S/C55H90O28/c1-23-11-54-9-5-34-52(2,7-4-8-53(34,3)51(73)83-49-38(63)24(36(61)27(13-57)80-49)17-74-19-31-42(67)44(69)39(64)28(14-58)77-31)35(54)6-10-55(23,22-54)76-21-33-48(82-50-47(72)46(71)41(66)30(16-60)81-50)25(37(62)26(12-56)79-33)18-75-20-32-43(68)45(70)40(65)29(15-59)78-32/h24-50,56-72H,1,4-22H2,2-3H3/t24-,25-,26?,27?,28?,29?,30?,31+,32+,33?,34+,35+,36+,37+,38?,39-,40-,41-,42?,43?,44-,45-,46-,47+,48+,49+,50?,52-,53-,54-,55+/m1/s1. The summed E-state index contributed by atoms with van der Waals surface area (Å²) in [5.41, 5.74) is -1.90. The minimum atomic E-state index is -1.87. The predicted molar refractivity (Wildman–Crippen MR) is 275 cm³/mol. The van der Waals surface area contributed by atoms with Crippen molar-refractivity contribution in [3.63, 3.8) is 0 Å². The van der Waals surface area contributed by atoms with E-state index in [0.717, 1.165) is 12.0 Å². The summed E-state index contributed by atoms with van der Waals surface area (Å²) in [7, 11) is 0. The van der Waals surface area contributed by atoms with Crippen LogP contribution in [0.15, 0.2) is 12.2 Å². The van der Waals surface area contributed by atoms with E-state index in [1.165, 1.54) is 0 Å². The molecule has 478 valence electrons. The number of esters is 1. The zero-order chi connectivity index (χ0) is 60.2. The van der Waals surface area contributed by atoms with E-state index < -0.39 is 228 Å². The van der Waals surface area contributed by atoms with Crippen LogP contribution in [0.3, 0.4) is 0 Å². The highest BCUT2D eigenvalue weighted by atomic mass is 16.7. The molecule has 0 aromatic carbocycles. The molecule has 0 radical (unpaired) electrons. The van der Waals surface area contributed by atoms with Gasteiger partial charge in [0.05, 0.1) is 95.4 Å². The highest BCUT2D eigenvalue weighted by molar-refractivity contribution is 5.77. The van der Waals surface area contributed by atoms with Crippen molar-refractivity contribution in [2.75, 3.05) is 66.1 Å². The van der Waals surface area contributed by atoms with Crippen molar-refractivity contribution >= 4 is 5.97 Å². The third kappa shape index (κ3) is 12.1. The van der Waals surface area contributed by atoms with Gasteiger partial charge in [-0.3, -0.25) is 4.79 Å². The van der Waals surface area contributed by atoms with E-state index in [1.807, 2.05) is 6.92 Å². The molecule has 0 aromatic heterocycles. The monoisotopic (exact) mass is 1200 g/mol. The number of rotatable bonds is 20. The summed E-state index contributed by atoms with van der Waals surface area (Å²) < 4.78 is 60.2. The molecule has 0 aromatic rings. The first-order valence-electron chi connectivity index (χ1n) is 29.2. The van der Waals surface area contributed by atoms with Gasteiger partial charge in [0.1, 0.15) is 110 Å². The normalized spacial score (nSPS) is 51.9. The molecule has 17 N–H and O–H groups in total. The molecule has 4 saturated carbocycles. The molecule has 28 nitrogen and oxygen atoms in total. The molecule has 1 spiro atoms. The lowest BCUT2D eigenvalue weighted by Gasteiger charge is -2.64. The van der Waals surface area contributed by atoms with E-state index in [0.29, 0.717) is 51.4 Å². The summed E-state index contributed by atoms with van der Waals surface area (Å²) in [5, 5.41) is 180. The molecule has 2 bridgehead atoms. The molecule has 5 aliphatic heterocycles. The maximum Gasteiger partial charge on any atom is 0.314 e. The summed E-state index contributed by atoms with van der Waals surface area (Å²) in [4.78, 5) is 14.8. The first-order chi connectivity index (χ1) is 39.4. The van der Waals surface area contributed by atoms with E-state index in [9.17, 15) is 91.6 Å². The van der Waals surface area contributed by atoms with Gasteiger partial charge in [-0.1, -0.05) is 19.9 Å². The van der Waals surface area contributed by atoms with Crippen LogP contribution in [0.5, 0.6) is 0 Å². The molecule has 9 fully saturated rings. The Balaban J connectivity index is 0.884. The second-order valence-electron chi connectivity index (χ2n) is 25.5. The van der Waals surface area contributed by atoms with Crippen molar-refractivity contribution in [1.29, 1.82) is 0 Å². The van der Waals surface area contributed by atoms with Gasteiger partial charge in [-0.15, -0.1) is 0 Å². The summed E-state index contributed by atoms with van der Waals surface area (Å²) in [6, 6.07) is 0. The third-order valence-corrected chi connectivity index (χ3v) is 20.8. The fourth-order valence-corrected chi connectivity index (χ4v) is 16.1. The maximum absolute atomic E-state index is 14.8. The number of aliphatic hydroxyl groups is 17. The molecule has 5 saturated heterocycles. The van der Waals surface area contributed by atoms with Crippen molar-refractivity contribution in [1.82, 2.24) is 0 Å². The van der Waals surface area contributed by atoms with Gasteiger partial charge in [0, 0.05) is 11.8 Å². The van der Waals surface area contributed by atoms with Crippen LogP contribution in [-0.4, -0.2) is 305 Å². The number of hydrogen-bond donors (Lipinski definition) is 17.